The van der Waals surface area contributed by atoms with Crippen LogP contribution in [0.25, 0.3) is 10.9 Å². The first kappa shape index (κ1) is 20.6. The minimum atomic E-state index is -4.31. The van der Waals surface area contributed by atoms with E-state index in [0.717, 1.165) is 55.4 Å². The summed E-state index contributed by atoms with van der Waals surface area (Å²) < 4.78 is 46.3. The van der Waals surface area contributed by atoms with Gasteiger partial charge in [-0.15, -0.1) is 0 Å². The molecule has 4 rings (SSSR count). The Morgan fingerprint density at radius 3 is 2.47 bits per heavy atom. The molecule has 1 saturated heterocycles. The number of alkyl halides is 3. The van der Waals surface area contributed by atoms with Gasteiger partial charge in [-0.05, 0) is 73.4 Å². The summed E-state index contributed by atoms with van der Waals surface area (Å²) in [5.41, 5.74) is 2.88. The minimum absolute atomic E-state index is 0.382. The molecular formula is C25H24F3NO. The van der Waals surface area contributed by atoms with Crippen LogP contribution in [0.4, 0.5) is 13.2 Å². The standard InChI is InChI=1S/C25H24F3NO/c26-25(27,28)18-29-23(10-8-19-4-2-1-3-5-19)17-22-16-21(9-11-24(22)29)7-6-20-12-14-30-15-13-20/h1-5,9,11,16-17,20H,6-7,12-15,18H2. The van der Waals surface area contributed by atoms with Gasteiger partial charge in [-0.1, -0.05) is 30.2 Å². The van der Waals surface area contributed by atoms with Gasteiger partial charge in [0, 0.05) is 29.7 Å². The van der Waals surface area contributed by atoms with E-state index < -0.39 is 12.7 Å². The number of halogens is 3. The molecule has 156 valence electrons. The Labute approximate surface area is 174 Å². The lowest BCUT2D eigenvalue weighted by molar-refractivity contribution is -0.140. The lowest BCUT2D eigenvalue weighted by Gasteiger charge is -2.21. The highest BCUT2D eigenvalue weighted by molar-refractivity contribution is 5.83. The fourth-order valence-corrected chi connectivity index (χ4v) is 3.99. The number of ether oxygens (including phenoxy) is 1. The van der Waals surface area contributed by atoms with E-state index >= 15 is 0 Å². The Hall–Kier alpha value is -2.71. The van der Waals surface area contributed by atoms with E-state index in [0.29, 0.717) is 17.1 Å². The molecular weight excluding hydrogens is 387 g/mol. The summed E-state index contributed by atoms with van der Waals surface area (Å²) in [5, 5.41) is 0.807. The van der Waals surface area contributed by atoms with Crippen LogP contribution in [-0.2, 0) is 17.7 Å². The second-order valence-corrected chi connectivity index (χ2v) is 7.83. The van der Waals surface area contributed by atoms with E-state index in [2.05, 4.69) is 11.8 Å². The van der Waals surface area contributed by atoms with Gasteiger partial charge in [-0.25, -0.2) is 0 Å². The van der Waals surface area contributed by atoms with Gasteiger partial charge in [0.15, 0.2) is 0 Å². The van der Waals surface area contributed by atoms with Crippen molar-refractivity contribution in [2.45, 2.75) is 38.4 Å². The highest BCUT2D eigenvalue weighted by atomic mass is 19.4. The molecule has 0 aliphatic carbocycles. The number of fused-ring (bicyclic) bond motifs is 1. The Bertz CT molecular complexity index is 1050. The van der Waals surface area contributed by atoms with Crippen LogP contribution in [0.3, 0.4) is 0 Å². The molecule has 0 radical (unpaired) electrons. The van der Waals surface area contributed by atoms with Crippen LogP contribution >= 0.6 is 0 Å². The zero-order chi connectivity index (χ0) is 21.0. The van der Waals surface area contributed by atoms with Gasteiger partial charge in [0.25, 0.3) is 0 Å². The fraction of sp³-hybridized carbons (Fsp3) is 0.360. The van der Waals surface area contributed by atoms with Crippen LogP contribution in [0.5, 0.6) is 0 Å². The Morgan fingerprint density at radius 1 is 0.967 bits per heavy atom. The molecule has 0 bridgehead atoms. The average Bonchev–Trinajstić information content (AvgIpc) is 3.07. The predicted octanol–water partition coefficient (Wildman–Crippen LogP) is 5.96. The van der Waals surface area contributed by atoms with Crippen molar-refractivity contribution in [3.8, 4) is 11.8 Å². The third-order valence-electron chi connectivity index (χ3n) is 5.59. The zero-order valence-corrected chi connectivity index (χ0v) is 16.7. The van der Waals surface area contributed by atoms with Crippen LogP contribution in [0, 0.1) is 17.8 Å². The van der Waals surface area contributed by atoms with E-state index in [1.54, 1.807) is 12.1 Å². The molecule has 1 aliphatic rings. The van der Waals surface area contributed by atoms with Crippen LogP contribution < -0.4 is 0 Å². The predicted molar refractivity (Wildman–Crippen MR) is 112 cm³/mol. The lowest BCUT2D eigenvalue weighted by Crippen LogP contribution is -2.18. The van der Waals surface area contributed by atoms with Gasteiger partial charge in [-0.2, -0.15) is 13.2 Å². The summed E-state index contributed by atoms with van der Waals surface area (Å²) >= 11 is 0. The molecule has 30 heavy (non-hydrogen) atoms. The van der Waals surface area contributed by atoms with Gasteiger partial charge in [-0.3, -0.25) is 0 Å². The summed E-state index contributed by atoms with van der Waals surface area (Å²) in [4.78, 5) is 0. The topological polar surface area (TPSA) is 14.2 Å². The first-order valence-electron chi connectivity index (χ1n) is 10.3. The molecule has 2 nitrogen and oxygen atoms in total. The van der Waals surface area contributed by atoms with Gasteiger partial charge < -0.3 is 9.30 Å². The third-order valence-corrected chi connectivity index (χ3v) is 5.59. The normalized spacial score (nSPS) is 15.2. The van der Waals surface area contributed by atoms with Crippen molar-refractivity contribution in [3.05, 3.63) is 71.4 Å². The number of aromatic nitrogens is 1. The molecule has 1 aromatic heterocycles. The number of benzene rings is 2. The third kappa shape index (κ3) is 5.25. The molecule has 3 aromatic rings. The summed E-state index contributed by atoms with van der Waals surface area (Å²) in [7, 11) is 0. The molecule has 1 aliphatic heterocycles. The highest BCUT2D eigenvalue weighted by Crippen LogP contribution is 2.28. The first-order valence-corrected chi connectivity index (χ1v) is 10.3. The molecule has 2 heterocycles. The quantitative estimate of drug-likeness (QED) is 0.483. The van der Waals surface area contributed by atoms with Crippen LogP contribution in [0.1, 0.15) is 36.1 Å². The Morgan fingerprint density at radius 2 is 1.73 bits per heavy atom. The van der Waals surface area contributed by atoms with E-state index in [9.17, 15) is 13.2 Å². The van der Waals surface area contributed by atoms with Crippen molar-refractivity contribution in [2.75, 3.05) is 13.2 Å². The SMILES string of the molecule is FC(F)(F)Cn1c(C#Cc2ccccc2)cc2cc(CCC3CCOCC3)ccc21. The van der Waals surface area contributed by atoms with Crippen molar-refractivity contribution >= 4 is 10.9 Å². The molecule has 2 aromatic carbocycles. The minimum Gasteiger partial charge on any atom is -0.381 e. The number of rotatable bonds is 4. The number of aryl methyl sites for hydroxylation is 1. The molecule has 0 spiro atoms. The average molecular weight is 411 g/mol. The largest absolute Gasteiger partial charge is 0.406 e. The molecule has 0 N–H and O–H groups in total. The lowest BCUT2D eigenvalue weighted by atomic mass is 9.92. The maximum absolute atomic E-state index is 13.2. The van der Waals surface area contributed by atoms with Gasteiger partial charge in [0.05, 0.1) is 5.69 Å². The van der Waals surface area contributed by atoms with Gasteiger partial charge >= 0.3 is 6.18 Å². The van der Waals surface area contributed by atoms with E-state index in [-0.39, 0.29) is 0 Å². The van der Waals surface area contributed by atoms with Crippen molar-refractivity contribution in [3.63, 3.8) is 0 Å². The van der Waals surface area contributed by atoms with E-state index in [4.69, 9.17) is 4.74 Å². The van der Waals surface area contributed by atoms with Crippen molar-refractivity contribution in [1.29, 1.82) is 0 Å². The monoisotopic (exact) mass is 411 g/mol. The van der Waals surface area contributed by atoms with Crippen LogP contribution in [0.2, 0.25) is 0 Å². The van der Waals surface area contributed by atoms with Crippen molar-refractivity contribution in [1.82, 2.24) is 4.57 Å². The summed E-state index contributed by atoms with van der Waals surface area (Å²) in [6.07, 6.45) is -0.126. The van der Waals surface area contributed by atoms with Gasteiger partial charge in [0.1, 0.15) is 6.54 Å². The summed E-state index contributed by atoms with van der Waals surface area (Å²) in [6.45, 7) is 0.609. The maximum Gasteiger partial charge on any atom is 0.406 e. The van der Waals surface area contributed by atoms with Crippen molar-refractivity contribution < 1.29 is 17.9 Å². The molecule has 0 saturated carbocycles. The molecule has 1 fully saturated rings. The van der Waals surface area contributed by atoms with Crippen LogP contribution in [0.15, 0.2) is 54.6 Å². The van der Waals surface area contributed by atoms with E-state index in [1.807, 2.05) is 42.5 Å². The smallest absolute Gasteiger partial charge is 0.381 e. The number of hydrogen-bond acceptors (Lipinski definition) is 1. The zero-order valence-electron chi connectivity index (χ0n) is 16.7. The Balaban J connectivity index is 1.62. The molecule has 5 heteroatoms. The molecule has 0 atom stereocenters. The maximum atomic E-state index is 13.2. The first-order chi connectivity index (χ1) is 14.5. The van der Waals surface area contributed by atoms with E-state index in [1.165, 1.54) is 4.57 Å². The molecule has 0 amide bonds. The summed E-state index contributed by atoms with van der Waals surface area (Å²) in [6, 6.07) is 16.8. The van der Waals surface area contributed by atoms with Gasteiger partial charge in [0.2, 0.25) is 0 Å². The second-order valence-electron chi connectivity index (χ2n) is 7.83. The number of nitrogens with zero attached hydrogens (tertiary/aromatic N) is 1. The fourth-order valence-electron chi connectivity index (χ4n) is 3.99. The second kappa shape index (κ2) is 8.97. The molecule has 0 unspecified atom stereocenters. The highest BCUT2D eigenvalue weighted by Gasteiger charge is 2.29. The van der Waals surface area contributed by atoms with Crippen LogP contribution in [-0.4, -0.2) is 24.0 Å². The summed E-state index contributed by atoms with van der Waals surface area (Å²) in [5.74, 6) is 6.59. The number of hydrogen-bond donors (Lipinski definition) is 0. The van der Waals surface area contributed by atoms with Crippen molar-refractivity contribution in [2.24, 2.45) is 5.92 Å². The Kier molecular flexibility index (Phi) is 6.15.